The molecule has 1 aliphatic rings. The second-order valence-electron chi connectivity index (χ2n) is 4.36. The van der Waals surface area contributed by atoms with Gasteiger partial charge in [-0.1, -0.05) is 0 Å². The fourth-order valence-corrected chi connectivity index (χ4v) is 2.32. The molecule has 5 nitrogen and oxygen atoms in total. The Labute approximate surface area is 114 Å². The maximum absolute atomic E-state index is 12.0. The van der Waals surface area contributed by atoms with Crippen molar-refractivity contribution >= 4 is 22.6 Å². The first-order valence-electron chi connectivity index (χ1n) is 5.59. The fraction of sp³-hybridized carbons (Fsp3) is 0.636. The molecule has 1 aromatic rings. The minimum atomic E-state index is 0.0231. The molecule has 1 fully saturated rings. The number of aromatic nitrogens is 2. The minimum absolute atomic E-state index is 0.0231. The van der Waals surface area contributed by atoms with E-state index in [1.54, 1.807) is 10.9 Å². The summed E-state index contributed by atoms with van der Waals surface area (Å²) in [6.07, 6.45) is 1.68. The van der Waals surface area contributed by atoms with E-state index < -0.39 is 0 Å². The van der Waals surface area contributed by atoms with E-state index in [0.29, 0.717) is 10.1 Å². The van der Waals surface area contributed by atoms with Crippen molar-refractivity contribution in [2.75, 3.05) is 26.7 Å². The van der Waals surface area contributed by atoms with Crippen LogP contribution >= 0.6 is 22.6 Å². The van der Waals surface area contributed by atoms with Crippen LogP contribution in [0.25, 0.3) is 0 Å². The quantitative estimate of drug-likeness (QED) is 0.729. The van der Waals surface area contributed by atoms with Gasteiger partial charge >= 0.3 is 0 Å². The van der Waals surface area contributed by atoms with Gasteiger partial charge in [0.1, 0.15) is 0 Å². The standard InChI is InChI=1S/C11H16IN3O2/c1-8-10(12)11(16)15(7-13-8)6-9-5-14(2)3-4-17-9/h7,9H,3-6H2,1-2H3. The number of hydrogen-bond acceptors (Lipinski definition) is 4. The lowest BCUT2D eigenvalue weighted by Crippen LogP contribution is -2.43. The van der Waals surface area contributed by atoms with E-state index >= 15 is 0 Å². The summed E-state index contributed by atoms with van der Waals surface area (Å²) in [4.78, 5) is 18.4. The van der Waals surface area contributed by atoms with Crippen LogP contribution in [0.5, 0.6) is 0 Å². The fourth-order valence-electron chi connectivity index (χ4n) is 1.87. The average molecular weight is 349 g/mol. The lowest BCUT2D eigenvalue weighted by atomic mass is 10.3. The molecule has 2 heterocycles. The number of aryl methyl sites for hydroxylation is 1. The molecule has 0 bridgehead atoms. The molecule has 0 radical (unpaired) electrons. The Hall–Kier alpha value is -0.470. The van der Waals surface area contributed by atoms with E-state index in [-0.39, 0.29) is 11.7 Å². The van der Waals surface area contributed by atoms with E-state index in [1.807, 2.05) is 29.5 Å². The summed E-state index contributed by atoms with van der Waals surface area (Å²) in [5.41, 5.74) is 0.809. The van der Waals surface area contributed by atoms with E-state index in [9.17, 15) is 4.79 Å². The van der Waals surface area contributed by atoms with Crippen LogP contribution in [0, 0.1) is 10.5 Å². The van der Waals surface area contributed by atoms with Crippen molar-refractivity contribution in [3.05, 3.63) is 25.9 Å². The van der Waals surface area contributed by atoms with Crippen molar-refractivity contribution in [3.63, 3.8) is 0 Å². The average Bonchev–Trinajstić information content (AvgIpc) is 2.30. The van der Waals surface area contributed by atoms with Gasteiger partial charge in [-0.05, 0) is 36.6 Å². The SMILES string of the molecule is Cc1ncn(CC2CN(C)CCO2)c(=O)c1I. The predicted octanol–water partition coefficient (Wildman–Crippen LogP) is 0.487. The Bertz CT molecular complexity index is 461. The van der Waals surface area contributed by atoms with Crippen molar-refractivity contribution in [1.82, 2.24) is 14.5 Å². The van der Waals surface area contributed by atoms with Gasteiger partial charge in [0, 0.05) is 13.1 Å². The second-order valence-corrected chi connectivity index (χ2v) is 5.44. The van der Waals surface area contributed by atoms with Crippen molar-refractivity contribution < 1.29 is 4.74 Å². The lowest BCUT2D eigenvalue weighted by Gasteiger charge is -2.30. The molecule has 17 heavy (non-hydrogen) atoms. The van der Waals surface area contributed by atoms with Gasteiger partial charge in [-0.15, -0.1) is 0 Å². The van der Waals surface area contributed by atoms with Crippen LogP contribution in [0.3, 0.4) is 0 Å². The van der Waals surface area contributed by atoms with Crippen LogP contribution in [0.2, 0.25) is 0 Å². The molecule has 0 spiro atoms. The van der Waals surface area contributed by atoms with E-state index in [4.69, 9.17) is 4.74 Å². The third-order valence-electron chi connectivity index (χ3n) is 2.90. The largest absolute Gasteiger partial charge is 0.374 e. The monoisotopic (exact) mass is 349 g/mol. The highest BCUT2D eigenvalue weighted by Gasteiger charge is 2.19. The van der Waals surface area contributed by atoms with Crippen molar-refractivity contribution in [2.45, 2.75) is 19.6 Å². The van der Waals surface area contributed by atoms with Crippen LogP contribution in [0.4, 0.5) is 0 Å². The van der Waals surface area contributed by atoms with Gasteiger partial charge < -0.3 is 9.64 Å². The highest BCUT2D eigenvalue weighted by atomic mass is 127. The molecule has 1 aromatic heterocycles. The van der Waals surface area contributed by atoms with Gasteiger partial charge in [0.25, 0.3) is 5.56 Å². The molecule has 6 heteroatoms. The molecule has 0 N–H and O–H groups in total. The Morgan fingerprint density at radius 1 is 1.65 bits per heavy atom. The number of likely N-dealkylation sites (N-methyl/N-ethyl adjacent to an activating group) is 1. The molecule has 0 amide bonds. The van der Waals surface area contributed by atoms with Gasteiger partial charge in [-0.25, -0.2) is 4.98 Å². The first-order valence-corrected chi connectivity index (χ1v) is 6.67. The van der Waals surface area contributed by atoms with Crippen LogP contribution in [-0.2, 0) is 11.3 Å². The summed E-state index contributed by atoms with van der Waals surface area (Å²) in [6.45, 7) is 4.96. The Morgan fingerprint density at radius 2 is 2.41 bits per heavy atom. The molecule has 1 saturated heterocycles. The van der Waals surface area contributed by atoms with Gasteiger partial charge in [0.05, 0.1) is 34.8 Å². The maximum atomic E-state index is 12.0. The molecule has 1 aliphatic heterocycles. The summed E-state index contributed by atoms with van der Waals surface area (Å²) < 4.78 is 7.97. The molecule has 94 valence electrons. The lowest BCUT2D eigenvalue weighted by molar-refractivity contribution is -0.0280. The number of rotatable bonds is 2. The zero-order valence-corrected chi connectivity index (χ0v) is 12.2. The van der Waals surface area contributed by atoms with E-state index in [1.165, 1.54) is 0 Å². The highest BCUT2D eigenvalue weighted by Crippen LogP contribution is 2.06. The summed E-state index contributed by atoms with van der Waals surface area (Å²) in [6, 6.07) is 0. The van der Waals surface area contributed by atoms with Gasteiger partial charge in [-0.2, -0.15) is 0 Å². The smallest absolute Gasteiger partial charge is 0.267 e. The minimum Gasteiger partial charge on any atom is -0.374 e. The number of nitrogens with zero attached hydrogens (tertiary/aromatic N) is 3. The topological polar surface area (TPSA) is 47.4 Å². The summed E-state index contributed by atoms with van der Waals surface area (Å²) in [7, 11) is 2.06. The van der Waals surface area contributed by atoms with Crippen LogP contribution < -0.4 is 5.56 Å². The first-order chi connectivity index (χ1) is 8.08. The Kier molecular flexibility index (Phi) is 4.16. The zero-order chi connectivity index (χ0) is 12.4. The summed E-state index contributed by atoms with van der Waals surface area (Å²) in [5.74, 6) is 0. The van der Waals surface area contributed by atoms with Crippen LogP contribution in [-0.4, -0.2) is 47.3 Å². The first kappa shape index (κ1) is 13.0. The number of ether oxygens (including phenoxy) is 1. The van der Waals surface area contributed by atoms with E-state index in [2.05, 4.69) is 16.9 Å². The molecule has 1 atom stereocenters. The van der Waals surface area contributed by atoms with Crippen LogP contribution in [0.15, 0.2) is 11.1 Å². The number of hydrogen-bond donors (Lipinski definition) is 0. The number of morpholine rings is 1. The summed E-state index contributed by atoms with van der Waals surface area (Å²) >= 11 is 2.05. The van der Waals surface area contributed by atoms with Crippen molar-refractivity contribution in [3.8, 4) is 0 Å². The van der Waals surface area contributed by atoms with Crippen molar-refractivity contribution in [1.29, 1.82) is 0 Å². The van der Waals surface area contributed by atoms with E-state index in [0.717, 1.165) is 25.4 Å². The Balaban J connectivity index is 2.13. The Morgan fingerprint density at radius 3 is 3.12 bits per heavy atom. The van der Waals surface area contributed by atoms with Crippen molar-refractivity contribution in [2.24, 2.45) is 0 Å². The second kappa shape index (κ2) is 5.45. The number of halogens is 1. The van der Waals surface area contributed by atoms with Gasteiger partial charge in [0.15, 0.2) is 0 Å². The molecule has 0 aliphatic carbocycles. The zero-order valence-electron chi connectivity index (χ0n) is 10.0. The molecule has 0 saturated carbocycles. The summed E-state index contributed by atoms with van der Waals surface area (Å²) in [5, 5.41) is 0. The third-order valence-corrected chi connectivity index (χ3v) is 4.14. The molecule has 2 rings (SSSR count). The maximum Gasteiger partial charge on any atom is 0.267 e. The van der Waals surface area contributed by atoms with Crippen LogP contribution in [0.1, 0.15) is 5.69 Å². The molecule has 1 unspecified atom stereocenters. The molecular weight excluding hydrogens is 333 g/mol. The van der Waals surface area contributed by atoms with Gasteiger partial charge in [0.2, 0.25) is 0 Å². The normalized spacial score (nSPS) is 21.7. The molecule has 0 aromatic carbocycles. The molecular formula is C11H16IN3O2. The highest BCUT2D eigenvalue weighted by molar-refractivity contribution is 14.1. The van der Waals surface area contributed by atoms with Gasteiger partial charge in [-0.3, -0.25) is 9.36 Å². The predicted molar refractivity (Wildman–Crippen MR) is 73.2 cm³/mol. The third kappa shape index (κ3) is 3.05.